The highest BCUT2D eigenvalue weighted by atomic mass is 32.2. The van der Waals surface area contributed by atoms with Gasteiger partial charge in [0.2, 0.25) is 15.9 Å². The minimum absolute atomic E-state index is 0.0124. The Morgan fingerprint density at radius 1 is 1.21 bits per heavy atom. The van der Waals surface area contributed by atoms with E-state index in [-0.39, 0.29) is 35.7 Å². The van der Waals surface area contributed by atoms with Crippen LogP contribution in [0.4, 0.5) is 5.69 Å². The maximum Gasteiger partial charge on any atom is 0.267 e. The SMILES string of the molecule is CC1Oc2ccccc2N(CCC(=O)NC(C)c2ccc(S(N)(=O)=O)cc2)C1=O. The van der Waals surface area contributed by atoms with Crippen LogP contribution in [0.1, 0.15) is 31.9 Å². The number of nitrogens with two attached hydrogens (primary N) is 1. The number of amides is 2. The van der Waals surface area contributed by atoms with E-state index in [1.807, 2.05) is 12.1 Å². The first-order valence-electron chi connectivity index (χ1n) is 9.16. The molecule has 3 N–H and O–H groups in total. The molecule has 0 saturated carbocycles. The third-order valence-electron chi connectivity index (χ3n) is 4.72. The number of nitrogens with one attached hydrogen (secondary N) is 1. The van der Waals surface area contributed by atoms with Gasteiger partial charge in [0.1, 0.15) is 5.75 Å². The predicted molar refractivity (Wildman–Crippen MR) is 108 cm³/mol. The van der Waals surface area contributed by atoms with Crippen LogP contribution in [0.5, 0.6) is 5.75 Å². The van der Waals surface area contributed by atoms with Crippen molar-refractivity contribution < 1.29 is 22.7 Å². The second kappa shape index (κ2) is 8.22. The molecule has 9 heteroatoms. The van der Waals surface area contributed by atoms with E-state index in [1.165, 1.54) is 12.1 Å². The van der Waals surface area contributed by atoms with Gasteiger partial charge < -0.3 is 15.0 Å². The van der Waals surface area contributed by atoms with Crippen LogP contribution in [0, 0.1) is 0 Å². The van der Waals surface area contributed by atoms with E-state index in [2.05, 4.69) is 5.32 Å². The molecule has 0 aromatic heterocycles. The highest BCUT2D eigenvalue weighted by Crippen LogP contribution is 2.33. The predicted octanol–water partition coefficient (Wildman–Crippen LogP) is 1.72. The zero-order chi connectivity index (χ0) is 21.2. The van der Waals surface area contributed by atoms with E-state index in [9.17, 15) is 18.0 Å². The Bertz CT molecular complexity index is 1020. The quantitative estimate of drug-likeness (QED) is 0.742. The minimum Gasteiger partial charge on any atom is -0.479 e. The summed E-state index contributed by atoms with van der Waals surface area (Å²) < 4.78 is 28.3. The Morgan fingerprint density at radius 2 is 1.86 bits per heavy atom. The molecule has 0 radical (unpaired) electrons. The molecular formula is C20H23N3O5S. The number of primary sulfonamides is 1. The summed E-state index contributed by atoms with van der Waals surface area (Å²) in [6.45, 7) is 3.70. The van der Waals surface area contributed by atoms with Crippen LogP contribution in [-0.2, 0) is 19.6 Å². The lowest BCUT2D eigenvalue weighted by atomic mass is 10.1. The molecule has 29 heavy (non-hydrogen) atoms. The fraction of sp³-hybridized carbons (Fsp3) is 0.300. The lowest BCUT2D eigenvalue weighted by Gasteiger charge is -2.32. The van der Waals surface area contributed by atoms with Gasteiger partial charge in [-0.15, -0.1) is 0 Å². The first-order valence-corrected chi connectivity index (χ1v) is 10.7. The van der Waals surface area contributed by atoms with Crippen LogP contribution in [0.25, 0.3) is 0 Å². The largest absolute Gasteiger partial charge is 0.479 e. The van der Waals surface area contributed by atoms with Crippen LogP contribution in [0.3, 0.4) is 0 Å². The standard InChI is InChI=1S/C20H23N3O5S/c1-13(15-7-9-16(10-8-15)29(21,26)27)22-19(24)11-12-23-17-5-3-4-6-18(17)28-14(2)20(23)25/h3-10,13-14H,11-12H2,1-2H3,(H,22,24)(H2,21,26,27). The maximum absolute atomic E-state index is 12.5. The van der Waals surface area contributed by atoms with E-state index >= 15 is 0 Å². The van der Waals surface area contributed by atoms with Crippen LogP contribution in [0.15, 0.2) is 53.4 Å². The van der Waals surface area contributed by atoms with Gasteiger partial charge in [-0.1, -0.05) is 24.3 Å². The molecule has 2 amide bonds. The molecule has 3 rings (SSSR count). The number of anilines is 1. The summed E-state index contributed by atoms with van der Waals surface area (Å²) in [6, 6.07) is 12.9. The normalized spacial score (nSPS) is 17.3. The molecule has 0 bridgehead atoms. The van der Waals surface area contributed by atoms with E-state index in [0.717, 1.165) is 5.56 Å². The number of hydrogen-bond acceptors (Lipinski definition) is 5. The maximum atomic E-state index is 12.5. The third kappa shape index (κ3) is 4.75. The van der Waals surface area contributed by atoms with Gasteiger partial charge in [-0.2, -0.15) is 0 Å². The molecule has 2 unspecified atom stereocenters. The number of nitrogens with zero attached hydrogens (tertiary/aromatic N) is 1. The number of ether oxygens (including phenoxy) is 1. The van der Waals surface area contributed by atoms with Gasteiger partial charge in [0.05, 0.1) is 16.6 Å². The second-order valence-electron chi connectivity index (χ2n) is 6.87. The Labute approximate surface area is 169 Å². The summed E-state index contributed by atoms with van der Waals surface area (Å²) in [7, 11) is -3.76. The summed E-state index contributed by atoms with van der Waals surface area (Å²) in [5.41, 5.74) is 1.39. The molecule has 2 atom stereocenters. The zero-order valence-electron chi connectivity index (χ0n) is 16.2. The highest BCUT2D eigenvalue weighted by molar-refractivity contribution is 7.89. The lowest BCUT2D eigenvalue weighted by Crippen LogP contribution is -2.45. The van der Waals surface area contributed by atoms with Crippen molar-refractivity contribution in [3.8, 4) is 5.75 Å². The molecular weight excluding hydrogens is 394 g/mol. The van der Waals surface area contributed by atoms with Crippen LogP contribution in [0.2, 0.25) is 0 Å². The summed E-state index contributed by atoms with van der Waals surface area (Å²) >= 11 is 0. The van der Waals surface area contributed by atoms with Gasteiger partial charge in [0, 0.05) is 13.0 Å². The summed E-state index contributed by atoms with van der Waals surface area (Å²) in [6.07, 6.45) is -0.490. The summed E-state index contributed by atoms with van der Waals surface area (Å²) in [4.78, 5) is 26.4. The van der Waals surface area contributed by atoms with Gasteiger partial charge in [-0.3, -0.25) is 9.59 Å². The molecule has 1 heterocycles. The number of para-hydroxylation sites is 2. The molecule has 2 aromatic carbocycles. The lowest BCUT2D eigenvalue weighted by molar-refractivity contribution is -0.125. The Hall–Kier alpha value is -2.91. The number of carbonyl (C=O) groups excluding carboxylic acids is 2. The Morgan fingerprint density at radius 3 is 2.52 bits per heavy atom. The van der Waals surface area contributed by atoms with Crippen molar-refractivity contribution in [1.82, 2.24) is 5.32 Å². The average molecular weight is 417 g/mol. The van der Waals surface area contributed by atoms with Gasteiger partial charge in [-0.25, -0.2) is 13.6 Å². The van der Waals surface area contributed by atoms with Crippen LogP contribution >= 0.6 is 0 Å². The number of fused-ring (bicyclic) bond motifs is 1. The topological polar surface area (TPSA) is 119 Å². The number of rotatable bonds is 6. The molecule has 0 saturated heterocycles. The molecule has 1 aliphatic rings. The van der Waals surface area contributed by atoms with Crippen molar-refractivity contribution in [2.75, 3.05) is 11.4 Å². The summed E-state index contributed by atoms with van der Waals surface area (Å²) in [5, 5.41) is 7.95. The number of carbonyl (C=O) groups is 2. The number of sulfonamides is 1. The second-order valence-corrected chi connectivity index (χ2v) is 8.43. The molecule has 154 valence electrons. The van der Waals surface area contributed by atoms with Crippen LogP contribution < -0.4 is 20.1 Å². The van der Waals surface area contributed by atoms with Crippen molar-refractivity contribution in [2.45, 2.75) is 37.3 Å². The molecule has 1 aliphatic heterocycles. The van der Waals surface area contributed by atoms with Crippen molar-refractivity contribution in [2.24, 2.45) is 5.14 Å². The molecule has 0 aliphatic carbocycles. The van der Waals surface area contributed by atoms with Gasteiger partial charge in [-0.05, 0) is 43.7 Å². The van der Waals surface area contributed by atoms with Crippen LogP contribution in [-0.4, -0.2) is 32.9 Å². The van der Waals surface area contributed by atoms with E-state index in [1.54, 1.807) is 43.0 Å². The number of benzene rings is 2. The molecule has 0 fully saturated rings. The van der Waals surface area contributed by atoms with Gasteiger partial charge >= 0.3 is 0 Å². The van der Waals surface area contributed by atoms with Crippen molar-refractivity contribution in [3.63, 3.8) is 0 Å². The first-order chi connectivity index (χ1) is 13.7. The van der Waals surface area contributed by atoms with Crippen molar-refractivity contribution in [1.29, 1.82) is 0 Å². The Kier molecular flexibility index (Phi) is 5.90. The monoisotopic (exact) mass is 417 g/mol. The van der Waals surface area contributed by atoms with Crippen molar-refractivity contribution in [3.05, 3.63) is 54.1 Å². The van der Waals surface area contributed by atoms with E-state index in [0.29, 0.717) is 11.4 Å². The van der Waals surface area contributed by atoms with Crippen molar-refractivity contribution >= 4 is 27.5 Å². The fourth-order valence-corrected chi connectivity index (χ4v) is 3.66. The molecule has 8 nitrogen and oxygen atoms in total. The smallest absolute Gasteiger partial charge is 0.267 e. The average Bonchev–Trinajstić information content (AvgIpc) is 2.67. The zero-order valence-corrected chi connectivity index (χ0v) is 17.0. The van der Waals surface area contributed by atoms with E-state index in [4.69, 9.17) is 9.88 Å². The third-order valence-corrected chi connectivity index (χ3v) is 5.65. The molecule has 2 aromatic rings. The van der Waals surface area contributed by atoms with E-state index < -0.39 is 16.1 Å². The van der Waals surface area contributed by atoms with Gasteiger partial charge in [0.25, 0.3) is 5.91 Å². The molecule has 0 spiro atoms. The first kappa shape index (κ1) is 20.8. The summed E-state index contributed by atoms with van der Waals surface area (Å²) in [5.74, 6) is 0.198. The van der Waals surface area contributed by atoms with Gasteiger partial charge in [0.15, 0.2) is 6.10 Å². The Balaban J connectivity index is 1.62. The minimum atomic E-state index is -3.76. The highest BCUT2D eigenvalue weighted by Gasteiger charge is 2.31. The number of hydrogen-bond donors (Lipinski definition) is 2. The fourth-order valence-electron chi connectivity index (χ4n) is 3.15.